The van der Waals surface area contributed by atoms with Crippen LogP contribution in [-0.4, -0.2) is 40.0 Å². The van der Waals surface area contributed by atoms with Crippen molar-refractivity contribution in [2.45, 2.75) is 31.0 Å². The number of hydrogen-bond acceptors (Lipinski definition) is 6. The van der Waals surface area contributed by atoms with Crippen LogP contribution in [0.2, 0.25) is 0 Å². The van der Waals surface area contributed by atoms with E-state index >= 15 is 0 Å². The van der Waals surface area contributed by atoms with Crippen molar-refractivity contribution in [3.8, 4) is 0 Å². The van der Waals surface area contributed by atoms with E-state index in [-0.39, 0.29) is 18.7 Å². The van der Waals surface area contributed by atoms with Gasteiger partial charge in [-0.15, -0.1) is 0 Å². The Morgan fingerprint density at radius 2 is 1.50 bits per heavy atom. The van der Waals surface area contributed by atoms with Crippen molar-refractivity contribution in [1.82, 2.24) is 9.55 Å². The first kappa shape index (κ1) is 27.1. The Bertz CT molecular complexity index is 1500. The molecule has 1 fully saturated rings. The molecular weight excluding hydrogens is 510 g/mol. The number of aromatic nitrogens is 2. The second kappa shape index (κ2) is 11.7. The Balaban J connectivity index is 1.57. The average Bonchev–Trinajstić information content (AvgIpc) is 3.30. The maximum absolute atomic E-state index is 12.6. The largest absolute Gasteiger partial charge is 0.388 e. The van der Waals surface area contributed by atoms with E-state index in [1.165, 1.54) is 6.20 Å². The molecule has 4 aromatic rings. The third kappa shape index (κ3) is 5.09. The number of benzene rings is 3. The van der Waals surface area contributed by atoms with Crippen molar-refractivity contribution < 1.29 is 14.6 Å². The summed E-state index contributed by atoms with van der Waals surface area (Å²) in [6, 6.07) is 29.4. The Labute approximate surface area is 230 Å². The molecule has 0 saturated carbocycles. The molecule has 2 heterocycles. The number of ether oxygens (including phenoxy) is 2. The molecule has 2 N–H and O–H groups in total. The molecule has 40 heavy (non-hydrogen) atoms. The first-order valence-corrected chi connectivity index (χ1v) is 12.9. The van der Waals surface area contributed by atoms with E-state index in [1.807, 2.05) is 91.0 Å². The van der Waals surface area contributed by atoms with E-state index in [4.69, 9.17) is 15.0 Å². The van der Waals surface area contributed by atoms with Gasteiger partial charge in [-0.3, -0.25) is 14.3 Å². The molecule has 10 nitrogen and oxygen atoms in total. The summed E-state index contributed by atoms with van der Waals surface area (Å²) in [6.45, 7) is 1.48. The highest BCUT2D eigenvalue weighted by Gasteiger charge is 2.47. The fourth-order valence-corrected chi connectivity index (χ4v) is 5.29. The molecule has 1 saturated heterocycles. The quantitative estimate of drug-likeness (QED) is 0.143. The summed E-state index contributed by atoms with van der Waals surface area (Å²) in [6.07, 6.45) is -1.72. The minimum absolute atomic E-state index is 0.00502. The number of aromatic amines is 1. The normalized spacial score (nSPS) is 20.6. The fourth-order valence-electron chi connectivity index (χ4n) is 5.29. The molecule has 3 aromatic carbocycles. The van der Waals surface area contributed by atoms with Gasteiger partial charge in [0.1, 0.15) is 11.7 Å². The SMILES string of the molecule is Cc1cn([C@@H]2O[C@H](COC(c3ccccc3)(c3ccccc3)c3ccccc3)[C@@H](CN=[N+]=[N-])[C@H]2O)c(=O)[nH]c1=O. The number of aryl methyl sites for hydroxylation is 1. The van der Waals surface area contributed by atoms with Crippen molar-refractivity contribution in [1.29, 1.82) is 0 Å². The molecule has 0 unspecified atom stereocenters. The van der Waals surface area contributed by atoms with Gasteiger partial charge >= 0.3 is 5.69 Å². The first-order valence-electron chi connectivity index (χ1n) is 12.9. The van der Waals surface area contributed by atoms with E-state index in [9.17, 15) is 14.7 Å². The highest BCUT2D eigenvalue weighted by Crippen LogP contribution is 2.42. The van der Waals surface area contributed by atoms with Gasteiger partial charge < -0.3 is 14.6 Å². The van der Waals surface area contributed by atoms with Gasteiger partial charge in [-0.1, -0.05) is 96.1 Å². The lowest BCUT2D eigenvalue weighted by molar-refractivity contribution is -0.0902. The van der Waals surface area contributed by atoms with Crippen molar-refractivity contribution in [2.75, 3.05) is 13.2 Å². The van der Waals surface area contributed by atoms with Gasteiger partial charge in [-0.05, 0) is 29.1 Å². The zero-order valence-corrected chi connectivity index (χ0v) is 21.8. The summed E-state index contributed by atoms with van der Waals surface area (Å²) < 4.78 is 14.3. The lowest BCUT2D eigenvalue weighted by Gasteiger charge is -2.37. The molecule has 1 aliphatic heterocycles. The molecule has 204 valence electrons. The second-order valence-corrected chi connectivity index (χ2v) is 9.70. The number of nitrogens with one attached hydrogen (secondary N) is 1. The van der Waals surface area contributed by atoms with E-state index in [1.54, 1.807) is 6.92 Å². The van der Waals surface area contributed by atoms with Crippen LogP contribution < -0.4 is 11.2 Å². The highest BCUT2D eigenvalue weighted by atomic mass is 16.6. The molecule has 0 spiro atoms. The Morgan fingerprint density at radius 3 is 2.00 bits per heavy atom. The molecule has 5 rings (SSSR count). The summed E-state index contributed by atoms with van der Waals surface area (Å²) in [7, 11) is 0. The smallest absolute Gasteiger partial charge is 0.330 e. The predicted molar refractivity (Wildman–Crippen MR) is 149 cm³/mol. The van der Waals surface area contributed by atoms with Crippen LogP contribution in [0.25, 0.3) is 10.4 Å². The highest BCUT2D eigenvalue weighted by molar-refractivity contribution is 5.47. The molecule has 1 aliphatic rings. The van der Waals surface area contributed by atoms with E-state index in [0.29, 0.717) is 0 Å². The van der Waals surface area contributed by atoms with Crippen LogP contribution in [0.1, 0.15) is 28.5 Å². The van der Waals surface area contributed by atoms with Crippen molar-refractivity contribution in [2.24, 2.45) is 11.0 Å². The molecule has 0 bridgehead atoms. The number of aliphatic hydroxyl groups is 1. The van der Waals surface area contributed by atoms with Crippen molar-refractivity contribution in [3.05, 3.63) is 151 Å². The number of rotatable bonds is 9. The Kier molecular flexibility index (Phi) is 7.95. The van der Waals surface area contributed by atoms with E-state index in [0.717, 1.165) is 21.3 Å². The predicted octanol–water partition coefficient (Wildman–Crippen LogP) is 4.04. The Hall–Kier alpha value is -4.47. The van der Waals surface area contributed by atoms with E-state index < -0.39 is 41.2 Å². The van der Waals surface area contributed by atoms with Gasteiger partial charge in [0, 0.05) is 29.1 Å². The number of azide groups is 1. The number of H-pyrrole nitrogens is 1. The third-order valence-electron chi connectivity index (χ3n) is 7.30. The number of nitrogens with zero attached hydrogens (tertiary/aromatic N) is 4. The third-order valence-corrected chi connectivity index (χ3v) is 7.30. The summed E-state index contributed by atoms with van der Waals surface area (Å²) >= 11 is 0. The van der Waals surface area contributed by atoms with E-state index in [2.05, 4.69) is 15.0 Å². The standard InChI is InChI=1S/C30H29N5O5/c1-20-18-35(29(38)33-27(20)37)28-26(36)24(17-32-34-31)25(40-28)19-39-30(21-11-5-2-6-12-21,22-13-7-3-8-14-22)23-15-9-4-10-16-23/h2-16,18,24-26,28,36H,17,19H2,1H3,(H,33,37,38)/t24-,25-,26-,28-/m1/s1. The summed E-state index contributed by atoms with van der Waals surface area (Å²) in [5.74, 6) is -0.681. The minimum atomic E-state index is -1.21. The van der Waals surface area contributed by atoms with Crippen LogP contribution in [0.15, 0.2) is 112 Å². The maximum Gasteiger partial charge on any atom is 0.330 e. The molecule has 1 aromatic heterocycles. The van der Waals surface area contributed by atoms with Crippen LogP contribution in [0, 0.1) is 12.8 Å². The monoisotopic (exact) mass is 539 g/mol. The van der Waals surface area contributed by atoms with Gasteiger partial charge in [0.2, 0.25) is 0 Å². The van der Waals surface area contributed by atoms with Crippen molar-refractivity contribution in [3.63, 3.8) is 0 Å². The number of aliphatic hydroxyl groups excluding tert-OH is 1. The molecule has 10 heteroatoms. The van der Waals surface area contributed by atoms with Crippen LogP contribution in [0.3, 0.4) is 0 Å². The lowest BCUT2D eigenvalue weighted by atomic mass is 9.80. The fraction of sp³-hybridized carbons (Fsp3) is 0.267. The van der Waals surface area contributed by atoms with Crippen LogP contribution in [0.4, 0.5) is 0 Å². The zero-order chi connectivity index (χ0) is 28.1. The van der Waals surface area contributed by atoms with Gasteiger partial charge in [-0.2, -0.15) is 0 Å². The van der Waals surface area contributed by atoms with Gasteiger partial charge in [0.05, 0.1) is 12.7 Å². The zero-order valence-electron chi connectivity index (χ0n) is 21.8. The lowest BCUT2D eigenvalue weighted by Crippen LogP contribution is -2.38. The van der Waals surface area contributed by atoms with Gasteiger partial charge in [0.15, 0.2) is 6.23 Å². The molecule has 4 atom stereocenters. The molecule has 0 amide bonds. The Morgan fingerprint density at radius 1 is 0.975 bits per heavy atom. The van der Waals surface area contributed by atoms with Gasteiger partial charge in [0.25, 0.3) is 5.56 Å². The topological polar surface area (TPSA) is 142 Å². The second-order valence-electron chi connectivity index (χ2n) is 9.70. The molecular formula is C30H29N5O5. The van der Waals surface area contributed by atoms with Crippen LogP contribution in [-0.2, 0) is 15.1 Å². The average molecular weight is 540 g/mol. The summed E-state index contributed by atoms with van der Waals surface area (Å²) in [5.41, 5.74) is 9.70. The van der Waals surface area contributed by atoms with Gasteiger partial charge in [-0.25, -0.2) is 4.79 Å². The number of hydrogen-bond donors (Lipinski definition) is 2. The molecule has 0 aliphatic carbocycles. The maximum atomic E-state index is 12.6. The summed E-state index contributed by atoms with van der Waals surface area (Å²) in [5, 5.41) is 14.9. The summed E-state index contributed by atoms with van der Waals surface area (Å²) in [4.78, 5) is 29.7. The minimum Gasteiger partial charge on any atom is -0.388 e. The van der Waals surface area contributed by atoms with Crippen molar-refractivity contribution >= 4 is 0 Å². The first-order chi connectivity index (χ1) is 19.5. The molecule has 0 radical (unpaired) electrons. The van der Waals surface area contributed by atoms with Crippen LogP contribution >= 0.6 is 0 Å². The van der Waals surface area contributed by atoms with Crippen LogP contribution in [0.5, 0.6) is 0 Å².